The van der Waals surface area contributed by atoms with E-state index in [1.54, 1.807) is 6.92 Å². The molecule has 3 N–H and O–H groups in total. The fourth-order valence-electron chi connectivity index (χ4n) is 2.70. The fraction of sp³-hybridized carbons (Fsp3) is 0.571. The molecule has 20 heavy (non-hydrogen) atoms. The number of pyridine rings is 1. The number of hydrazine groups is 1. The molecule has 3 heterocycles. The Labute approximate surface area is 118 Å². The molecule has 3 rings (SSSR count). The fourth-order valence-corrected chi connectivity index (χ4v) is 2.70. The second kappa shape index (κ2) is 5.76. The summed E-state index contributed by atoms with van der Waals surface area (Å²) in [5, 5.41) is 3.49. The lowest BCUT2D eigenvalue weighted by atomic mass is 10.0. The molecule has 108 valence electrons. The number of amides is 1. The van der Waals surface area contributed by atoms with Crippen molar-refractivity contribution >= 4 is 11.7 Å². The zero-order valence-corrected chi connectivity index (χ0v) is 11.7. The van der Waals surface area contributed by atoms with Gasteiger partial charge in [-0.25, -0.2) is 10.4 Å². The second-order valence-corrected chi connectivity index (χ2v) is 5.48. The second-order valence-electron chi connectivity index (χ2n) is 5.48. The lowest BCUT2D eigenvalue weighted by Crippen LogP contribution is -2.52. The average molecular weight is 275 g/mol. The molecule has 0 bridgehead atoms. The first-order valence-corrected chi connectivity index (χ1v) is 7.19. The topological polar surface area (TPSA) is 69.3 Å². The van der Waals surface area contributed by atoms with E-state index in [0.29, 0.717) is 12.1 Å². The van der Waals surface area contributed by atoms with Gasteiger partial charge in [-0.05, 0) is 30.5 Å². The van der Waals surface area contributed by atoms with E-state index < -0.39 is 0 Å². The van der Waals surface area contributed by atoms with E-state index in [1.165, 1.54) is 5.56 Å². The Hall–Kier alpha value is -1.66. The summed E-state index contributed by atoms with van der Waals surface area (Å²) in [6.45, 7) is 4.26. The van der Waals surface area contributed by atoms with Crippen molar-refractivity contribution in [3.05, 3.63) is 23.9 Å². The summed E-state index contributed by atoms with van der Waals surface area (Å²) in [5.41, 5.74) is 7.46. The number of nitrogens with one attached hydrogen (secondary N) is 3. The van der Waals surface area contributed by atoms with Crippen molar-refractivity contribution in [1.82, 2.24) is 20.7 Å². The Kier molecular flexibility index (Phi) is 3.84. The number of rotatable bonds is 3. The third kappa shape index (κ3) is 2.91. The van der Waals surface area contributed by atoms with Crippen LogP contribution in [0.1, 0.15) is 31.4 Å². The van der Waals surface area contributed by atoms with Crippen molar-refractivity contribution in [2.75, 3.05) is 25.0 Å². The molecule has 6 nitrogen and oxygen atoms in total. The van der Waals surface area contributed by atoms with Crippen LogP contribution in [0.3, 0.4) is 0 Å². The number of piperidine rings is 1. The summed E-state index contributed by atoms with van der Waals surface area (Å²) in [6, 6.07) is 4.94. The minimum Gasteiger partial charge on any atom is -0.367 e. The van der Waals surface area contributed by atoms with Crippen molar-refractivity contribution in [3.63, 3.8) is 0 Å². The quantitative estimate of drug-likeness (QED) is 0.756. The highest BCUT2D eigenvalue weighted by Gasteiger charge is 2.22. The molecule has 1 atom stereocenters. The summed E-state index contributed by atoms with van der Waals surface area (Å²) in [4.78, 5) is 17.6. The Morgan fingerprint density at radius 3 is 2.80 bits per heavy atom. The van der Waals surface area contributed by atoms with Crippen molar-refractivity contribution in [2.24, 2.45) is 0 Å². The Balaban J connectivity index is 1.57. The van der Waals surface area contributed by atoms with E-state index in [0.717, 1.165) is 38.3 Å². The van der Waals surface area contributed by atoms with E-state index in [9.17, 15) is 4.79 Å². The van der Waals surface area contributed by atoms with Gasteiger partial charge in [0.15, 0.2) is 0 Å². The third-order valence-corrected chi connectivity index (χ3v) is 4.06. The number of nitrogens with zero attached hydrogens (tertiary/aromatic N) is 2. The van der Waals surface area contributed by atoms with Gasteiger partial charge in [-0.1, -0.05) is 0 Å². The number of likely N-dealkylation sites (tertiary alicyclic amines) is 1. The highest BCUT2D eigenvalue weighted by molar-refractivity contribution is 5.73. The molecule has 0 radical (unpaired) electrons. The first kappa shape index (κ1) is 13.3. The maximum absolute atomic E-state index is 11.3. The number of carbonyl (C=O) groups is 1. The van der Waals surface area contributed by atoms with Gasteiger partial charge in [-0.3, -0.25) is 10.2 Å². The smallest absolute Gasteiger partial charge is 0.219 e. The largest absolute Gasteiger partial charge is 0.367 e. The molecule has 1 unspecified atom stereocenters. The summed E-state index contributed by atoms with van der Waals surface area (Å²) in [5.74, 6) is 1.10. The molecule has 2 fully saturated rings. The maximum Gasteiger partial charge on any atom is 0.219 e. The van der Waals surface area contributed by atoms with Crippen LogP contribution in [0.25, 0.3) is 0 Å². The predicted molar refractivity (Wildman–Crippen MR) is 77.0 cm³/mol. The van der Waals surface area contributed by atoms with Crippen molar-refractivity contribution in [1.29, 1.82) is 0 Å². The Morgan fingerprint density at radius 1 is 1.45 bits per heavy atom. The minimum absolute atomic E-state index is 0.173. The van der Waals surface area contributed by atoms with Gasteiger partial charge in [0.05, 0.1) is 6.04 Å². The average Bonchev–Trinajstić information content (AvgIpc) is 2.38. The first-order chi connectivity index (χ1) is 9.72. The molecule has 6 heteroatoms. The molecule has 1 aromatic rings. The van der Waals surface area contributed by atoms with Gasteiger partial charge in [0, 0.05) is 38.8 Å². The van der Waals surface area contributed by atoms with Crippen LogP contribution in [0, 0.1) is 0 Å². The van der Waals surface area contributed by atoms with Gasteiger partial charge in [-0.2, -0.15) is 0 Å². The predicted octanol–water partition coefficient (Wildman–Crippen LogP) is 0.653. The number of anilines is 1. The normalized spacial score (nSPS) is 23.2. The summed E-state index contributed by atoms with van der Waals surface area (Å²) in [6.07, 6.45) is 3.81. The van der Waals surface area contributed by atoms with Crippen LogP contribution >= 0.6 is 0 Å². The SMILES string of the molecule is CC(=O)N1CCC(Nc2cc(C3CNN3)ccn2)CC1. The lowest BCUT2D eigenvalue weighted by molar-refractivity contribution is -0.129. The van der Waals surface area contributed by atoms with Crippen LogP contribution in [0.2, 0.25) is 0 Å². The Morgan fingerprint density at radius 2 is 2.20 bits per heavy atom. The van der Waals surface area contributed by atoms with Crippen LogP contribution < -0.4 is 16.2 Å². The molecule has 2 saturated heterocycles. The van der Waals surface area contributed by atoms with Crippen LogP contribution in [0.5, 0.6) is 0 Å². The van der Waals surface area contributed by atoms with E-state index >= 15 is 0 Å². The molecule has 0 saturated carbocycles. The molecule has 0 spiro atoms. The van der Waals surface area contributed by atoms with Gasteiger partial charge in [0.1, 0.15) is 5.82 Å². The molecule has 1 amide bonds. The summed E-state index contributed by atoms with van der Waals surface area (Å²) < 4.78 is 0. The number of hydrogen-bond acceptors (Lipinski definition) is 5. The maximum atomic E-state index is 11.3. The third-order valence-electron chi connectivity index (χ3n) is 4.06. The van der Waals surface area contributed by atoms with E-state index in [-0.39, 0.29) is 5.91 Å². The van der Waals surface area contributed by atoms with Gasteiger partial charge in [0.2, 0.25) is 5.91 Å². The van der Waals surface area contributed by atoms with Crippen LogP contribution in [-0.4, -0.2) is 41.5 Å². The first-order valence-electron chi connectivity index (χ1n) is 7.19. The molecule has 1 aromatic heterocycles. The van der Waals surface area contributed by atoms with Crippen molar-refractivity contribution in [2.45, 2.75) is 31.8 Å². The Bertz CT molecular complexity index is 480. The van der Waals surface area contributed by atoms with Crippen LogP contribution in [0.4, 0.5) is 5.82 Å². The highest BCUT2D eigenvalue weighted by Crippen LogP contribution is 2.20. The van der Waals surface area contributed by atoms with Crippen LogP contribution in [0.15, 0.2) is 18.3 Å². The number of carbonyl (C=O) groups excluding carboxylic acids is 1. The standard InChI is InChI=1S/C14H21N5O/c1-10(20)19-6-3-12(4-7-19)17-14-8-11(2-5-15-14)13-9-16-18-13/h2,5,8,12-13,16,18H,3-4,6-7,9H2,1H3,(H,15,17). The van der Waals surface area contributed by atoms with E-state index in [2.05, 4.69) is 27.2 Å². The molecule has 0 aromatic carbocycles. The van der Waals surface area contributed by atoms with E-state index in [1.807, 2.05) is 17.2 Å². The zero-order valence-electron chi connectivity index (χ0n) is 11.7. The van der Waals surface area contributed by atoms with Gasteiger partial charge < -0.3 is 10.2 Å². The summed E-state index contributed by atoms with van der Waals surface area (Å²) >= 11 is 0. The molecular formula is C14H21N5O. The van der Waals surface area contributed by atoms with Crippen LogP contribution in [-0.2, 0) is 4.79 Å². The lowest BCUT2D eigenvalue weighted by Gasteiger charge is -2.32. The highest BCUT2D eigenvalue weighted by atomic mass is 16.2. The molecule has 2 aliphatic heterocycles. The molecular weight excluding hydrogens is 254 g/mol. The molecule has 2 aliphatic rings. The summed E-state index contributed by atoms with van der Waals surface area (Å²) in [7, 11) is 0. The van der Waals surface area contributed by atoms with Gasteiger partial charge in [-0.15, -0.1) is 0 Å². The number of hydrogen-bond donors (Lipinski definition) is 3. The zero-order chi connectivity index (χ0) is 13.9. The minimum atomic E-state index is 0.173. The van der Waals surface area contributed by atoms with Gasteiger partial charge in [0.25, 0.3) is 0 Å². The molecule has 0 aliphatic carbocycles. The van der Waals surface area contributed by atoms with Crippen molar-refractivity contribution in [3.8, 4) is 0 Å². The van der Waals surface area contributed by atoms with Crippen molar-refractivity contribution < 1.29 is 4.79 Å². The monoisotopic (exact) mass is 275 g/mol. The number of aromatic nitrogens is 1. The van der Waals surface area contributed by atoms with E-state index in [4.69, 9.17) is 0 Å². The van der Waals surface area contributed by atoms with Gasteiger partial charge >= 0.3 is 0 Å².